The fourth-order valence-corrected chi connectivity index (χ4v) is 2.19. The Kier molecular flexibility index (Phi) is 4.23. The maximum atomic E-state index is 13.2. The van der Waals surface area contributed by atoms with E-state index in [-0.39, 0.29) is 11.1 Å². The van der Waals surface area contributed by atoms with E-state index in [1.165, 1.54) is 6.07 Å². The van der Waals surface area contributed by atoms with Crippen LogP contribution in [0.25, 0.3) is 0 Å². The minimum absolute atomic E-state index is 0.0413. The molecule has 4 heteroatoms. The predicted octanol–water partition coefficient (Wildman–Crippen LogP) is 4.44. The number of benzene rings is 2. The second-order valence-electron chi connectivity index (χ2n) is 3.95. The second kappa shape index (κ2) is 5.70. The number of nitrogens with one attached hydrogen (secondary N) is 1. The number of hydrogen-bond donors (Lipinski definition) is 1. The Bertz CT molecular complexity index is 540. The van der Waals surface area contributed by atoms with Gasteiger partial charge in [0.05, 0.1) is 11.1 Å². The SMILES string of the molecule is CNC(c1ccc(Cl)cc1)c1ccc(F)c(Cl)c1. The highest BCUT2D eigenvalue weighted by Crippen LogP contribution is 2.26. The zero-order valence-electron chi connectivity index (χ0n) is 9.75. The smallest absolute Gasteiger partial charge is 0.141 e. The van der Waals surface area contributed by atoms with E-state index in [9.17, 15) is 4.39 Å². The summed E-state index contributed by atoms with van der Waals surface area (Å²) in [6.07, 6.45) is 0. The molecular formula is C14H12Cl2FN. The lowest BCUT2D eigenvalue weighted by molar-refractivity contribution is 0.624. The van der Waals surface area contributed by atoms with Crippen LogP contribution in [0.5, 0.6) is 0 Å². The lowest BCUT2D eigenvalue weighted by Crippen LogP contribution is -2.17. The molecular weight excluding hydrogens is 272 g/mol. The molecule has 0 fully saturated rings. The molecule has 18 heavy (non-hydrogen) atoms. The second-order valence-corrected chi connectivity index (χ2v) is 4.79. The van der Waals surface area contributed by atoms with Gasteiger partial charge in [0.2, 0.25) is 0 Å². The third-order valence-corrected chi connectivity index (χ3v) is 3.31. The van der Waals surface area contributed by atoms with E-state index in [1.807, 2.05) is 31.3 Å². The van der Waals surface area contributed by atoms with Crippen LogP contribution in [0, 0.1) is 5.82 Å². The molecule has 0 saturated heterocycles. The van der Waals surface area contributed by atoms with Crippen LogP contribution in [0.4, 0.5) is 4.39 Å². The van der Waals surface area contributed by atoms with Crippen LogP contribution in [0.15, 0.2) is 42.5 Å². The first kappa shape index (κ1) is 13.3. The molecule has 0 aliphatic heterocycles. The molecule has 1 unspecified atom stereocenters. The van der Waals surface area contributed by atoms with Crippen molar-refractivity contribution < 1.29 is 4.39 Å². The van der Waals surface area contributed by atoms with E-state index in [2.05, 4.69) is 5.32 Å². The summed E-state index contributed by atoms with van der Waals surface area (Å²) >= 11 is 11.7. The lowest BCUT2D eigenvalue weighted by atomic mass is 9.99. The van der Waals surface area contributed by atoms with Crippen LogP contribution in [0.3, 0.4) is 0 Å². The first-order chi connectivity index (χ1) is 8.61. The van der Waals surface area contributed by atoms with Gasteiger partial charge in [0.15, 0.2) is 0 Å². The summed E-state index contributed by atoms with van der Waals surface area (Å²) in [5.74, 6) is -0.411. The van der Waals surface area contributed by atoms with Gasteiger partial charge in [0.1, 0.15) is 5.82 Å². The van der Waals surface area contributed by atoms with Crippen molar-refractivity contribution in [3.8, 4) is 0 Å². The highest BCUT2D eigenvalue weighted by molar-refractivity contribution is 6.31. The Balaban J connectivity index is 2.38. The molecule has 94 valence electrons. The van der Waals surface area contributed by atoms with Crippen molar-refractivity contribution in [2.75, 3.05) is 7.05 Å². The maximum absolute atomic E-state index is 13.2. The van der Waals surface area contributed by atoms with Gasteiger partial charge in [-0.3, -0.25) is 0 Å². The average molecular weight is 284 g/mol. The van der Waals surface area contributed by atoms with Crippen molar-refractivity contribution in [2.24, 2.45) is 0 Å². The van der Waals surface area contributed by atoms with Crippen molar-refractivity contribution in [3.63, 3.8) is 0 Å². The highest BCUT2D eigenvalue weighted by Gasteiger charge is 2.13. The lowest BCUT2D eigenvalue weighted by Gasteiger charge is -2.17. The number of hydrogen-bond acceptors (Lipinski definition) is 1. The van der Waals surface area contributed by atoms with Gasteiger partial charge in [-0.15, -0.1) is 0 Å². The minimum atomic E-state index is -0.411. The topological polar surface area (TPSA) is 12.0 Å². The molecule has 2 aromatic carbocycles. The van der Waals surface area contributed by atoms with Crippen molar-refractivity contribution in [1.82, 2.24) is 5.32 Å². The molecule has 0 aliphatic rings. The Morgan fingerprint density at radius 2 is 1.61 bits per heavy atom. The molecule has 0 saturated carbocycles. The fourth-order valence-electron chi connectivity index (χ4n) is 1.87. The van der Waals surface area contributed by atoms with Gasteiger partial charge in [0.25, 0.3) is 0 Å². The van der Waals surface area contributed by atoms with Crippen LogP contribution < -0.4 is 5.32 Å². The summed E-state index contributed by atoms with van der Waals surface area (Å²) in [6, 6.07) is 12.2. The first-order valence-electron chi connectivity index (χ1n) is 5.49. The van der Waals surface area contributed by atoms with Crippen LogP contribution in [0.2, 0.25) is 10.0 Å². The van der Waals surface area contributed by atoms with Crippen LogP contribution >= 0.6 is 23.2 Å². The van der Waals surface area contributed by atoms with E-state index in [1.54, 1.807) is 12.1 Å². The molecule has 0 amide bonds. The Labute approximate surface area is 116 Å². The van der Waals surface area contributed by atoms with Gasteiger partial charge in [-0.2, -0.15) is 0 Å². The third-order valence-electron chi connectivity index (χ3n) is 2.77. The van der Waals surface area contributed by atoms with Crippen molar-refractivity contribution in [2.45, 2.75) is 6.04 Å². The monoisotopic (exact) mass is 283 g/mol. The van der Waals surface area contributed by atoms with Gasteiger partial charge in [0, 0.05) is 5.02 Å². The summed E-state index contributed by atoms with van der Waals surface area (Å²) in [4.78, 5) is 0. The van der Waals surface area contributed by atoms with E-state index in [0.717, 1.165) is 11.1 Å². The van der Waals surface area contributed by atoms with Crippen molar-refractivity contribution >= 4 is 23.2 Å². The molecule has 1 nitrogen and oxygen atoms in total. The van der Waals surface area contributed by atoms with Gasteiger partial charge in [-0.05, 0) is 42.4 Å². The quantitative estimate of drug-likeness (QED) is 0.878. The molecule has 0 aliphatic carbocycles. The van der Waals surface area contributed by atoms with Crippen LogP contribution in [-0.4, -0.2) is 7.05 Å². The highest BCUT2D eigenvalue weighted by atomic mass is 35.5. The molecule has 1 N–H and O–H groups in total. The molecule has 0 spiro atoms. The van der Waals surface area contributed by atoms with Gasteiger partial charge < -0.3 is 5.32 Å². The normalized spacial score (nSPS) is 12.4. The number of rotatable bonds is 3. The molecule has 2 rings (SSSR count). The summed E-state index contributed by atoms with van der Waals surface area (Å²) < 4.78 is 13.2. The Hall–Kier alpha value is -1.09. The Morgan fingerprint density at radius 3 is 2.17 bits per heavy atom. The van der Waals surface area contributed by atoms with Gasteiger partial charge >= 0.3 is 0 Å². The van der Waals surface area contributed by atoms with Crippen molar-refractivity contribution in [3.05, 3.63) is 69.5 Å². The minimum Gasteiger partial charge on any atom is -0.309 e. The summed E-state index contributed by atoms with van der Waals surface area (Å²) in [5, 5.41) is 3.99. The molecule has 0 radical (unpaired) electrons. The summed E-state index contributed by atoms with van der Waals surface area (Å²) in [5.41, 5.74) is 1.95. The molecule has 0 aromatic heterocycles. The van der Waals surface area contributed by atoms with E-state index < -0.39 is 5.82 Å². The zero-order chi connectivity index (χ0) is 13.1. The third kappa shape index (κ3) is 2.83. The van der Waals surface area contributed by atoms with E-state index >= 15 is 0 Å². The molecule has 2 aromatic rings. The summed E-state index contributed by atoms with van der Waals surface area (Å²) in [6.45, 7) is 0. The largest absolute Gasteiger partial charge is 0.309 e. The summed E-state index contributed by atoms with van der Waals surface area (Å²) in [7, 11) is 1.84. The first-order valence-corrected chi connectivity index (χ1v) is 6.25. The maximum Gasteiger partial charge on any atom is 0.141 e. The average Bonchev–Trinajstić information content (AvgIpc) is 2.37. The number of halogens is 3. The standard InChI is InChI=1S/C14H12Cl2FN/c1-18-14(9-2-5-11(15)6-3-9)10-4-7-13(17)12(16)8-10/h2-8,14,18H,1H3. The Morgan fingerprint density at radius 1 is 1.00 bits per heavy atom. The predicted molar refractivity (Wildman–Crippen MR) is 73.8 cm³/mol. The van der Waals surface area contributed by atoms with E-state index in [0.29, 0.717) is 5.02 Å². The molecule has 0 bridgehead atoms. The molecule has 0 heterocycles. The zero-order valence-corrected chi connectivity index (χ0v) is 11.3. The van der Waals surface area contributed by atoms with Crippen molar-refractivity contribution in [1.29, 1.82) is 0 Å². The molecule has 1 atom stereocenters. The van der Waals surface area contributed by atoms with Gasteiger partial charge in [-0.25, -0.2) is 4.39 Å². The van der Waals surface area contributed by atoms with E-state index in [4.69, 9.17) is 23.2 Å². The van der Waals surface area contributed by atoms with Gasteiger partial charge in [-0.1, -0.05) is 41.4 Å². The van der Waals surface area contributed by atoms with Crippen LogP contribution in [-0.2, 0) is 0 Å². The van der Waals surface area contributed by atoms with Crippen LogP contribution in [0.1, 0.15) is 17.2 Å². The fraction of sp³-hybridized carbons (Fsp3) is 0.143.